The van der Waals surface area contributed by atoms with E-state index >= 15 is 0 Å². The second kappa shape index (κ2) is 7.70. The first-order chi connectivity index (χ1) is 15.0. The van der Waals surface area contributed by atoms with E-state index in [1.807, 2.05) is 0 Å². The summed E-state index contributed by atoms with van der Waals surface area (Å²) in [6.07, 6.45) is -0.0732. The lowest BCUT2D eigenvalue weighted by Gasteiger charge is -2.23. The number of fused-ring (bicyclic) bond motifs is 2. The van der Waals surface area contributed by atoms with Crippen molar-refractivity contribution in [3.8, 4) is 5.75 Å². The van der Waals surface area contributed by atoms with E-state index in [9.17, 15) is 36.3 Å². The maximum Gasteiger partial charge on any atom is 0.407 e. The fourth-order valence-electron chi connectivity index (χ4n) is 3.77. The highest BCUT2D eigenvalue weighted by Gasteiger charge is 2.42. The number of nitrogens with one attached hydrogen (secondary N) is 2. The van der Waals surface area contributed by atoms with Crippen molar-refractivity contribution < 1.29 is 41.0 Å². The molecule has 2 aromatic rings. The van der Waals surface area contributed by atoms with Crippen molar-refractivity contribution >= 4 is 27.7 Å². The third-order valence-corrected chi connectivity index (χ3v) is 6.79. The first-order valence-corrected chi connectivity index (χ1v) is 10.7. The van der Waals surface area contributed by atoms with Gasteiger partial charge in [-0.1, -0.05) is 0 Å². The van der Waals surface area contributed by atoms with E-state index in [-0.39, 0.29) is 41.7 Å². The fraction of sp³-hybridized carbons (Fsp3) is 0.333. The van der Waals surface area contributed by atoms with Crippen LogP contribution in [0.25, 0.3) is 0 Å². The van der Waals surface area contributed by atoms with Crippen molar-refractivity contribution in [3.63, 3.8) is 0 Å². The number of carbonyl (C=O) groups excluding carboxylic acids is 1. The molecular formula is C18H17F3N4O6S. The number of hydrogen-bond donors (Lipinski definition) is 3. The van der Waals surface area contributed by atoms with Gasteiger partial charge in [0.05, 0.1) is 6.61 Å². The Balaban J connectivity index is 1.67. The van der Waals surface area contributed by atoms with Crippen molar-refractivity contribution in [2.24, 2.45) is 13.0 Å². The summed E-state index contributed by atoms with van der Waals surface area (Å²) in [5.41, 5.74) is -0.650. The third-order valence-electron chi connectivity index (χ3n) is 5.31. The van der Waals surface area contributed by atoms with E-state index in [4.69, 9.17) is 4.74 Å². The smallest absolute Gasteiger partial charge is 0.407 e. The molecule has 0 radical (unpaired) electrons. The van der Waals surface area contributed by atoms with Crippen LogP contribution in [0, 0.1) is 23.4 Å². The molecule has 2 aliphatic heterocycles. The van der Waals surface area contributed by atoms with Crippen LogP contribution in [0.2, 0.25) is 0 Å². The summed E-state index contributed by atoms with van der Waals surface area (Å²) in [6.45, 7) is -0.117. The second-order valence-corrected chi connectivity index (χ2v) is 9.16. The number of carbonyl (C=O) groups is 2. The Morgan fingerprint density at radius 3 is 2.50 bits per heavy atom. The molecule has 4 rings (SSSR count). The monoisotopic (exact) mass is 474 g/mol. The van der Waals surface area contributed by atoms with Crippen LogP contribution in [0.1, 0.15) is 10.5 Å². The number of likely N-dealkylation sites (tertiary alicyclic amines) is 1. The molecule has 0 saturated carbocycles. The Morgan fingerprint density at radius 2 is 1.88 bits per heavy atom. The van der Waals surface area contributed by atoms with Crippen LogP contribution < -0.4 is 14.8 Å². The highest BCUT2D eigenvalue weighted by atomic mass is 32.2. The summed E-state index contributed by atoms with van der Waals surface area (Å²) in [5, 5.41) is 11.4. The fourth-order valence-corrected chi connectivity index (χ4v) is 5.26. The number of rotatable bonds is 2. The Bertz CT molecular complexity index is 1210. The minimum Gasteiger partial charge on any atom is -0.489 e. The Kier molecular flexibility index (Phi) is 5.29. The number of nitrogens with zero attached hydrogens (tertiary/aromatic N) is 2. The van der Waals surface area contributed by atoms with Crippen LogP contribution in [0.4, 0.5) is 23.7 Å². The molecule has 2 unspecified atom stereocenters. The summed E-state index contributed by atoms with van der Waals surface area (Å²) in [7, 11) is -2.82. The number of halogens is 3. The Hall–Kier alpha value is -3.26. The average Bonchev–Trinajstić information content (AvgIpc) is 3.24. The third kappa shape index (κ3) is 3.75. The molecule has 1 aromatic carbocycles. The summed E-state index contributed by atoms with van der Waals surface area (Å²) in [5.74, 6) is -6.49. The lowest BCUT2D eigenvalue weighted by atomic mass is 10.1. The van der Waals surface area contributed by atoms with Crippen LogP contribution in [0.5, 0.6) is 5.75 Å². The molecular weight excluding hydrogens is 457 g/mol. The maximum atomic E-state index is 13.5. The van der Waals surface area contributed by atoms with Gasteiger partial charge >= 0.3 is 6.09 Å². The van der Waals surface area contributed by atoms with Crippen LogP contribution in [-0.4, -0.2) is 60.7 Å². The van der Waals surface area contributed by atoms with Gasteiger partial charge in [0.2, 0.25) is 10.0 Å². The number of anilines is 1. The number of aromatic nitrogens is 1. The minimum absolute atomic E-state index is 0.0281. The van der Waals surface area contributed by atoms with Gasteiger partial charge in [0.25, 0.3) is 5.91 Å². The van der Waals surface area contributed by atoms with Crippen LogP contribution >= 0.6 is 0 Å². The molecule has 0 aliphatic carbocycles. The van der Waals surface area contributed by atoms with Crippen molar-refractivity contribution in [1.29, 1.82) is 0 Å². The minimum atomic E-state index is -4.20. The summed E-state index contributed by atoms with van der Waals surface area (Å²) in [4.78, 5) is 24.8. The zero-order valence-electron chi connectivity index (χ0n) is 16.4. The molecule has 0 spiro atoms. The predicted octanol–water partition coefficient (Wildman–Crippen LogP) is 1.34. The summed E-state index contributed by atoms with van der Waals surface area (Å²) < 4.78 is 75.2. The zero-order chi connectivity index (χ0) is 23.4. The molecule has 3 heterocycles. The number of sulfonamides is 1. The van der Waals surface area contributed by atoms with Crippen molar-refractivity contribution in [1.82, 2.24) is 14.2 Å². The second-order valence-electron chi connectivity index (χ2n) is 7.48. The molecule has 0 bridgehead atoms. The lowest BCUT2D eigenvalue weighted by Crippen LogP contribution is -2.43. The van der Waals surface area contributed by atoms with Gasteiger partial charge < -0.3 is 24.6 Å². The van der Waals surface area contributed by atoms with E-state index in [0.717, 1.165) is 11.1 Å². The van der Waals surface area contributed by atoms with Crippen LogP contribution in [0.3, 0.4) is 0 Å². The number of ether oxygens (including phenoxy) is 1. The summed E-state index contributed by atoms with van der Waals surface area (Å²) in [6, 6.07) is 0.434. The van der Waals surface area contributed by atoms with Crippen molar-refractivity contribution in [3.05, 3.63) is 41.5 Å². The van der Waals surface area contributed by atoms with Gasteiger partial charge in [0, 0.05) is 56.1 Å². The van der Waals surface area contributed by atoms with Crippen molar-refractivity contribution in [2.75, 3.05) is 25.0 Å². The lowest BCUT2D eigenvalue weighted by molar-refractivity contribution is 0.101. The van der Waals surface area contributed by atoms with E-state index < -0.39 is 51.4 Å². The largest absolute Gasteiger partial charge is 0.489 e. The number of aryl methyl sites for hydroxylation is 1. The van der Waals surface area contributed by atoms with Crippen LogP contribution in [0.15, 0.2) is 23.2 Å². The molecule has 2 amide bonds. The quantitative estimate of drug-likeness (QED) is 0.564. The molecule has 1 fully saturated rings. The standard InChI is InChI=1S/C18H17F3N4O6S/c1-24-6-13-16(15(24)17(26)22-9-2-10(19)14(21)11(20)3-9)31-7-8-4-25(18(27)28)5-12(8)23-32(13,29)30/h2-3,6,8,12,23H,4-5,7H2,1H3,(H,22,26)(H,27,28). The normalized spacial score (nSPS) is 21.7. The van der Waals surface area contributed by atoms with Crippen molar-refractivity contribution in [2.45, 2.75) is 10.9 Å². The highest BCUT2D eigenvalue weighted by molar-refractivity contribution is 7.89. The van der Waals surface area contributed by atoms with E-state index in [2.05, 4.69) is 10.0 Å². The molecule has 172 valence electrons. The SMILES string of the molecule is Cn1cc2c(c1C(=O)Nc1cc(F)c(F)c(F)c1)OCC1CN(C(=O)O)CC1NS2(=O)=O. The molecule has 2 atom stereocenters. The van der Waals surface area contributed by atoms with Crippen LogP contribution in [-0.2, 0) is 17.1 Å². The van der Waals surface area contributed by atoms with E-state index in [1.165, 1.54) is 11.6 Å². The Labute approximate surface area is 179 Å². The number of carboxylic acid groups (broad SMARTS) is 1. The van der Waals surface area contributed by atoms with Gasteiger partial charge in [0.15, 0.2) is 28.9 Å². The summed E-state index contributed by atoms with van der Waals surface area (Å²) >= 11 is 0. The molecule has 32 heavy (non-hydrogen) atoms. The van der Waals surface area contributed by atoms with E-state index in [1.54, 1.807) is 0 Å². The van der Waals surface area contributed by atoms with Gasteiger partial charge in [-0.25, -0.2) is 31.1 Å². The molecule has 2 aliphatic rings. The molecule has 1 saturated heterocycles. The van der Waals surface area contributed by atoms with Gasteiger partial charge in [0.1, 0.15) is 4.90 Å². The van der Waals surface area contributed by atoms with Gasteiger partial charge in [-0.2, -0.15) is 0 Å². The van der Waals surface area contributed by atoms with Gasteiger partial charge in [-0.05, 0) is 0 Å². The highest BCUT2D eigenvalue weighted by Crippen LogP contribution is 2.34. The number of benzene rings is 1. The maximum absolute atomic E-state index is 13.5. The van der Waals surface area contributed by atoms with E-state index in [0.29, 0.717) is 12.1 Å². The topological polar surface area (TPSA) is 130 Å². The number of hydrogen-bond acceptors (Lipinski definition) is 5. The molecule has 14 heteroatoms. The zero-order valence-corrected chi connectivity index (χ0v) is 17.2. The molecule has 1 aromatic heterocycles. The first-order valence-electron chi connectivity index (χ1n) is 9.26. The predicted molar refractivity (Wildman–Crippen MR) is 102 cm³/mol. The van der Waals surface area contributed by atoms with Gasteiger partial charge in [-0.3, -0.25) is 4.79 Å². The molecule has 3 N–H and O–H groups in total. The number of amides is 2. The Morgan fingerprint density at radius 1 is 1.22 bits per heavy atom. The first kappa shape index (κ1) is 22.0. The average molecular weight is 474 g/mol. The van der Waals surface area contributed by atoms with Gasteiger partial charge in [-0.15, -0.1) is 0 Å². The molecule has 10 nitrogen and oxygen atoms in total.